The van der Waals surface area contributed by atoms with Gasteiger partial charge in [0.05, 0.1) is 25.9 Å². The van der Waals surface area contributed by atoms with Crippen molar-refractivity contribution in [2.75, 3.05) is 11.5 Å². The van der Waals surface area contributed by atoms with Gasteiger partial charge < -0.3 is 9.47 Å². The summed E-state index contributed by atoms with van der Waals surface area (Å²) in [6.07, 6.45) is 1.44. The van der Waals surface area contributed by atoms with Crippen molar-refractivity contribution in [3.05, 3.63) is 90.0 Å². The number of halogens is 3. The maximum absolute atomic E-state index is 13.4. The van der Waals surface area contributed by atoms with Gasteiger partial charge in [0.2, 0.25) is 0 Å². The molecule has 10 heteroatoms. The van der Waals surface area contributed by atoms with Gasteiger partial charge in [0.25, 0.3) is 11.8 Å². The first-order valence-electron chi connectivity index (χ1n) is 11.6. The first kappa shape index (κ1) is 27.9. The van der Waals surface area contributed by atoms with Crippen LogP contribution in [-0.2, 0) is 16.2 Å². The number of aryl methyl sites for hydroxylation is 2. The standard InChI is InChI=1S/C28H23Cl2IN2O5/c1-4-37-24-13-18(12-22(31)25(24)38-14-17-7-8-20(29)21(30)11-17)10-19-26(34)32-28(36)33(27(19)35)23-9-15(2)5-6-16(23)3/h5-13H,4,14H2,1-3H3,(H,32,34,36)/b19-10+. The molecule has 3 aromatic rings. The van der Waals surface area contributed by atoms with E-state index in [1.54, 1.807) is 37.3 Å². The van der Waals surface area contributed by atoms with Crippen molar-refractivity contribution in [2.24, 2.45) is 0 Å². The smallest absolute Gasteiger partial charge is 0.335 e. The second kappa shape index (κ2) is 11.8. The predicted octanol–water partition coefficient (Wildman–Crippen LogP) is 6.86. The van der Waals surface area contributed by atoms with Gasteiger partial charge in [0.1, 0.15) is 12.2 Å². The number of ether oxygens (including phenoxy) is 2. The number of hydrogen-bond acceptors (Lipinski definition) is 5. The molecular weight excluding hydrogens is 642 g/mol. The van der Waals surface area contributed by atoms with E-state index in [0.29, 0.717) is 43.0 Å². The number of urea groups is 1. The first-order chi connectivity index (χ1) is 18.1. The summed E-state index contributed by atoms with van der Waals surface area (Å²) in [5.41, 5.74) is 3.21. The number of anilines is 1. The van der Waals surface area contributed by atoms with Crippen molar-refractivity contribution in [3.63, 3.8) is 0 Å². The minimum absolute atomic E-state index is 0.173. The summed E-state index contributed by atoms with van der Waals surface area (Å²) in [5.74, 6) is -0.528. The SMILES string of the molecule is CCOc1cc(/C=C2\C(=O)NC(=O)N(c3cc(C)ccc3C)C2=O)cc(I)c1OCc1ccc(Cl)c(Cl)c1. The highest BCUT2D eigenvalue weighted by Gasteiger charge is 2.37. The second-order valence-electron chi connectivity index (χ2n) is 8.55. The minimum Gasteiger partial charge on any atom is -0.490 e. The molecule has 0 bridgehead atoms. The molecule has 196 valence electrons. The lowest BCUT2D eigenvalue weighted by Crippen LogP contribution is -2.54. The number of benzene rings is 3. The fraction of sp³-hybridized carbons (Fsp3) is 0.179. The Hall–Kier alpha value is -3.08. The fourth-order valence-electron chi connectivity index (χ4n) is 3.86. The van der Waals surface area contributed by atoms with Crippen LogP contribution in [0.4, 0.5) is 10.5 Å². The Bertz CT molecular complexity index is 1490. The second-order valence-corrected chi connectivity index (χ2v) is 10.5. The summed E-state index contributed by atoms with van der Waals surface area (Å²) in [7, 11) is 0. The number of barbiturate groups is 1. The third-order valence-corrected chi connectivity index (χ3v) is 7.26. The molecule has 4 rings (SSSR count). The number of nitrogens with one attached hydrogen (secondary N) is 1. The van der Waals surface area contributed by atoms with Gasteiger partial charge in [0.15, 0.2) is 11.5 Å². The molecule has 3 aromatic carbocycles. The zero-order chi connectivity index (χ0) is 27.6. The molecule has 38 heavy (non-hydrogen) atoms. The normalized spacial score (nSPS) is 14.6. The largest absolute Gasteiger partial charge is 0.490 e. The molecule has 0 atom stereocenters. The molecule has 1 N–H and O–H groups in total. The molecule has 0 radical (unpaired) electrons. The lowest BCUT2D eigenvalue weighted by Gasteiger charge is -2.28. The Kier molecular flexibility index (Phi) is 8.64. The summed E-state index contributed by atoms with van der Waals surface area (Å²) < 4.78 is 12.6. The molecule has 1 aliphatic heterocycles. The predicted molar refractivity (Wildman–Crippen MR) is 156 cm³/mol. The molecule has 1 heterocycles. The topological polar surface area (TPSA) is 84.9 Å². The van der Waals surface area contributed by atoms with Crippen LogP contribution in [0.15, 0.2) is 54.1 Å². The average Bonchev–Trinajstić information content (AvgIpc) is 2.85. The van der Waals surface area contributed by atoms with E-state index in [0.717, 1.165) is 21.6 Å². The van der Waals surface area contributed by atoms with Crippen molar-refractivity contribution in [3.8, 4) is 11.5 Å². The van der Waals surface area contributed by atoms with Crippen LogP contribution in [0.2, 0.25) is 10.0 Å². The summed E-state index contributed by atoms with van der Waals surface area (Å²) in [4.78, 5) is 39.7. The van der Waals surface area contributed by atoms with E-state index in [1.807, 2.05) is 32.0 Å². The Morgan fingerprint density at radius 1 is 0.974 bits per heavy atom. The fourth-order valence-corrected chi connectivity index (χ4v) is 4.96. The van der Waals surface area contributed by atoms with Crippen molar-refractivity contribution in [1.29, 1.82) is 0 Å². The zero-order valence-electron chi connectivity index (χ0n) is 20.7. The van der Waals surface area contributed by atoms with Crippen LogP contribution in [0.1, 0.15) is 29.2 Å². The van der Waals surface area contributed by atoms with E-state index in [9.17, 15) is 14.4 Å². The maximum atomic E-state index is 13.4. The Balaban J connectivity index is 1.67. The zero-order valence-corrected chi connectivity index (χ0v) is 24.4. The monoisotopic (exact) mass is 664 g/mol. The molecule has 1 fully saturated rings. The van der Waals surface area contributed by atoms with Gasteiger partial charge in [-0.2, -0.15) is 0 Å². The van der Waals surface area contributed by atoms with E-state index in [2.05, 4.69) is 27.9 Å². The highest BCUT2D eigenvalue weighted by molar-refractivity contribution is 14.1. The molecule has 0 spiro atoms. The molecule has 1 saturated heterocycles. The van der Waals surface area contributed by atoms with E-state index in [1.165, 1.54) is 6.08 Å². The Morgan fingerprint density at radius 3 is 2.45 bits per heavy atom. The van der Waals surface area contributed by atoms with Crippen molar-refractivity contribution in [2.45, 2.75) is 27.4 Å². The number of nitrogens with zero attached hydrogens (tertiary/aromatic N) is 1. The van der Waals surface area contributed by atoms with E-state index in [-0.39, 0.29) is 12.2 Å². The quantitative estimate of drug-likeness (QED) is 0.170. The van der Waals surface area contributed by atoms with Crippen LogP contribution in [0.25, 0.3) is 6.08 Å². The third-order valence-electron chi connectivity index (χ3n) is 5.72. The molecule has 0 saturated carbocycles. The van der Waals surface area contributed by atoms with Gasteiger partial charge in [0, 0.05) is 0 Å². The number of imide groups is 2. The van der Waals surface area contributed by atoms with E-state index in [4.69, 9.17) is 32.7 Å². The van der Waals surface area contributed by atoms with Crippen LogP contribution in [0, 0.1) is 17.4 Å². The summed E-state index contributed by atoms with van der Waals surface area (Å²) in [6, 6.07) is 13.3. The Morgan fingerprint density at radius 2 is 1.74 bits per heavy atom. The number of amides is 4. The lowest BCUT2D eigenvalue weighted by atomic mass is 10.0. The summed E-state index contributed by atoms with van der Waals surface area (Å²) in [6.45, 7) is 6.09. The number of carbonyl (C=O) groups is 3. The average molecular weight is 665 g/mol. The van der Waals surface area contributed by atoms with Gasteiger partial charge in [-0.3, -0.25) is 14.9 Å². The van der Waals surface area contributed by atoms with Gasteiger partial charge in [-0.25, -0.2) is 9.69 Å². The van der Waals surface area contributed by atoms with Gasteiger partial charge in [-0.05, 0) is 102 Å². The van der Waals surface area contributed by atoms with Gasteiger partial charge >= 0.3 is 6.03 Å². The first-order valence-corrected chi connectivity index (χ1v) is 13.4. The molecule has 0 aromatic heterocycles. The highest BCUT2D eigenvalue weighted by atomic mass is 127. The number of carbonyl (C=O) groups excluding carboxylic acids is 3. The number of rotatable bonds is 7. The maximum Gasteiger partial charge on any atom is 0.335 e. The molecule has 7 nitrogen and oxygen atoms in total. The molecule has 1 aliphatic rings. The van der Waals surface area contributed by atoms with Crippen molar-refractivity contribution in [1.82, 2.24) is 5.32 Å². The molecule has 0 unspecified atom stereocenters. The molecule has 0 aliphatic carbocycles. The van der Waals surface area contributed by atoms with Gasteiger partial charge in [-0.1, -0.05) is 41.4 Å². The lowest BCUT2D eigenvalue weighted by molar-refractivity contribution is -0.122. The minimum atomic E-state index is -0.790. The van der Waals surface area contributed by atoms with Crippen molar-refractivity contribution >= 4 is 75.4 Å². The van der Waals surface area contributed by atoms with E-state index >= 15 is 0 Å². The summed E-state index contributed by atoms with van der Waals surface area (Å²) in [5, 5.41) is 3.15. The molecular formula is C28H23Cl2IN2O5. The van der Waals surface area contributed by atoms with Crippen molar-refractivity contribution < 1.29 is 23.9 Å². The van der Waals surface area contributed by atoms with Crippen LogP contribution < -0.4 is 19.7 Å². The highest BCUT2D eigenvalue weighted by Crippen LogP contribution is 2.36. The molecule has 4 amide bonds. The van der Waals surface area contributed by atoms with Gasteiger partial charge in [-0.15, -0.1) is 0 Å². The van der Waals surface area contributed by atoms with Crippen LogP contribution in [0.3, 0.4) is 0 Å². The summed E-state index contributed by atoms with van der Waals surface area (Å²) >= 11 is 14.2. The number of hydrogen-bond donors (Lipinski definition) is 1. The van der Waals surface area contributed by atoms with Crippen LogP contribution >= 0.6 is 45.8 Å². The van der Waals surface area contributed by atoms with Crippen LogP contribution in [0.5, 0.6) is 11.5 Å². The Labute approximate surface area is 243 Å². The van der Waals surface area contributed by atoms with Crippen LogP contribution in [-0.4, -0.2) is 24.5 Å². The van der Waals surface area contributed by atoms with E-state index < -0.39 is 17.8 Å². The third kappa shape index (κ3) is 5.98.